The maximum atomic E-state index is 12.7. The molecule has 2 amide bonds. The van der Waals surface area contributed by atoms with Gasteiger partial charge in [-0.15, -0.1) is 0 Å². The molecule has 6 nitrogen and oxygen atoms in total. The first-order valence-electron chi connectivity index (χ1n) is 8.11. The van der Waals surface area contributed by atoms with E-state index < -0.39 is 0 Å². The van der Waals surface area contributed by atoms with Crippen LogP contribution >= 0.6 is 0 Å². The topological polar surface area (TPSA) is 75.9 Å². The summed E-state index contributed by atoms with van der Waals surface area (Å²) >= 11 is 0. The van der Waals surface area contributed by atoms with Crippen LogP contribution in [0.15, 0.2) is 0 Å². The van der Waals surface area contributed by atoms with Gasteiger partial charge < -0.3 is 20.3 Å². The van der Waals surface area contributed by atoms with Crippen molar-refractivity contribution in [3.05, 3.63) is 0 Å². The number of rotatable bonds is 8. The minimum Gasteiger partial charge on any atom is -0.383 e. The summed E-state index contributed by atoms with van der Waals surface area (Å²) < 4.78 is 5.06. The van der Waals surface area contributed by atoms with Crippen LogP contribution in [0.5, 0.6) is 0 Å². The van der Waals surface area contributed by atoms with E-state index in [1.165, 1.54) is 11.3 Å². The highest BCUT2D eigenvalue weighted by molar-refractivity contribution is 5.84. The molecule has 0 unspecified atom stereocenters. The van der Waals surface area contributed by atoms with Crippen LogP contribution < -0.4 is 5.73 Å². The normalized spacial score (nSPS) is 17.1. The summed E-state index contributed by atoms with van der Waals surface area (Å²) in [5.74, 6) is -0.0607. The number of hydrogen-bond donors (Lipinski definition) is 1. The van der Waals surface area contributed by atoms with Crippen LogP contribution in [0.25, 0.3) is 0 Å². The van der Waals surface area contributed by atoms with Crippen molar-refractivity contribution in [2.24, 2.45) is 11.1 Å². The maximum absolute atomic E-state index is 12.7. The zero-order chi connectivity index (χ0) is 16.6. The molecule has 22 heavy (non-hydrogen) atoms. The minimum absolute atomic E-state index is 0.0135. The van der Waals surface area contributed by atoms with Gasteiger partial charge in [0.1, 0.15) is 0 Å². The Kier molecular flexibility index (Phi) is 7.82. The van der Waals surface area contributed by atoms with Crippen molar-refractivity contribution in [2.75, 3.05) is 47.4 Å². The second-order valence-electron chi connectivity index (χ2n) is 6.54. The first kappa shape index (κ1) is 18.9. The van der Waals surface area contributed by atoms with Gasteiger partial charge in [-0.25, -0.2) is 0 Å². The van der Waals surface area contributed by atoms with E-state index >= 15 is 0 Å². The zero-order valence-electron chi connectivity index (χ0n) is 14.3. The van der Waals surface area contributed by atoms with E-state index in [1.54, 1.807) is 26.1 Å². The van der Waals surface area contributed by atoms with Crippen molar-refractivity contribution < 1.29 is 14.3 Å². The lowest BCUT2D eigenvalue weighted by Gasteiger charge is -2.37. The van der Waals surface area contributed by atoms with Crippen molar-refractivity contribution in [3.63, 3.8) is 0 Å². The quantitative estimate of drug-likeness (QED) is 0.721. The number of ether oxygens (including phenoxy) is 1. The third kappa shape index (κ3) is 5.57. The van der Waals surface area contributed by atoms with Gasteiger partial charge in [-0.1, -0.05) is 19.3 Å². The highest BCUT2D eigenvalue weighted by Gasteiger charge is 2.34. The van der Waals surface area contributed by atoms with Gasteiger partial charge in [0.15, 0.2) is 0 Å². The van der Waals surface area contributed by atoms with Crippen LogP contribution in [-0.2, 0) is 14.3 Å². The average molecular weight is 313 g/mol. The number of carbonyl (C=O) groups is 2. The smallest absolute Gasteiger partial charge is 0.241 e. The number of nitrogens with two attached hydrogens (primary N) is 1. The molecule has 0 aliphatic heterocycles. The fourth-order valence-electron chi connectivity index (χ4n) is 2.99. The summed E-state index contributed by atoms with van der Waals surface area (Å²) in [6, 6.07) is 0. The van der Waals surface area contributed by atoms with Crippen LogP contribution in [0.4, 0.5) is 0 Å². The molecule has 0 heterocycles. The Morgan fingerprint density at radius 2 is 1.77 bits per heavy atom. The van der Waals surface area contributed by atoms with Crippen LogP contribution in [0, 0.1) is 5.41 Å². The van der Waals surface area contributed by atoms with E-state index in [-0.39, 0.29) is 23.8 Å². The fourth-order valence-corrected chi connectivity index (χ4v) is 2.99. The van der Waals surface area contributed by atoms with Gasteiger partial charge in [0.2, 0.25) is 11.8 Å². The molecule has 0 bridgehead atoms. The predicted octanol–water partition coefficient (Wildman–Crippen LogP) is 0.849. The SMILES string of the molecule is COCCN(CC(=O)N(C)C)C(=O)CC1(CN)CCCCC1. The molecule has 0 radical (unpaired) electrons. The number of carbonyl (C=O) groups excluding carboxylic acids is 2. The number of amides is 2. The second-order valence-corrected chi connectivity index (χ2v) is 6.54. The van der Waals surface area contributed by atoms with Crippen molar-refractivity contribution >= 4 is 11.8 Å². The van der Waals surface area contributed by atoms with Crippen molar-refractivity contribution in [2.45, 2.75) is 38.5 Å². The number of methoxy groups -OCH3 is 1. The average Bonchev–Trinajstić information content (AvgIpc) is 2.51. The minimum atomic E-state index is -0.0815. The highest BCUT2D eigenvalue weighted by Crippen LogP contribution is 2.38. The summed E-state index contributed by atoms with van der Waals surface area (Å²) in [6.45, 7) is 1.52. The van der Waals surface area contributed by atoms with E-state index in [0.717, 1.165) is 25.7 Å². The van der Waals surface area contributed by atoms with E-state index in [9.17, 15) is 9.59 Å². The van der Waals surface area contributed by atoms with Crippen LogP contribution in [0.2, 0.25) is 0 Å². The van der Waals surface area contributed by atoms with Crippen LogP contribution in [-0.4, -0.2) is 69.1 Å². The lowest BCUT2D eigenvalue weighted by molar-refractivity contribution is -0.141. The van der Waals surface area contributed by atoms with Gasteiger partial charge in [0, 0.05) is 34.2 Å². The third-order valence-electron chi connectivity index (χ3n) is 4.62. The Hall–Kier alpha value is -1.14. The molecule has 0 aromatic rings. The van der Waals surface area contributed by atoms with E-state index in [2.05, 4.69) is 0 Å². The summed E-state index contributed by atoms with van der Waals surface area (Å²) in [6.07, 6.45) is 5.96. The van der Waals surface area contributed by atoms with Gasteiger partial charge >= 0.3 is 0 Å². The Bertz CT molecular complexity index is 366. The molecule has 0 saturated heterocycles. The van der Waals surface area contributed by atoms with Crippen LogP contribution in [0.1, 0.15) is 38.5 Å². The van der Waals surface area contributed by atoms with Crippen molar-refractivity contribution in [3.8, 4) is 0 Å². The summed E-state index contributed by atoms with van der Waals surface area (Å²) in [5.41, 5.74) is 5.88. The van der Waals surface area contributed by atoms with Gasteiger partial charge in [-0.2, -0.15) is 0 Å². The number of nitrogens with zero attached hydrogens (tertiary/aromatic N) is 2. The molecule has 0 aromatic heterocycles. The highest BCUT2D eigenvalue weighted by atomic mass is 16.5. The number of hydrogen-bond acceptors (Lipinski definition) is 4. The van der Waals surface area contributed by atoms with E-state index in [1.807, 2.05) is 0 Å². The first-order chi connectivity index (χ1) is 10.4. The molecular formula is C16H31N3O3. The molecule has 0 spiro atoms. The fraction of sp³-hybridized carbons (Fsp3) is 0.875. The van der Waals surface area contributed by atoms with Crippen molar-refractivity contribution in [1.82, 2.24) is 9.80 Å². The molecule has 1 aliphatic carbocycles. The molecule has 1 saturated carbocycles. The van der Waals surface area contributed by atoms with Crippen LogP contribution in [0.3, 0.4) is 0 Å². The summed E-state index contributed by atoms with van der Waals surface area (Å²) in [7, 11) is 4.99. The van der Waals surface area contributed by atoms with Crippen molar-refractivity contribution in [1.29, 1.82) is 0 Å². The zero-order valence-corrected chi connectivity index (χ0v) is 14.3. The standard InChI is InChI=1S/C16H31N3O3/c1-18(2)15(21)12-19(9-10-22-3)14(20)11-16(13-17)7-5-4-6-8-16/h4-13,17H2,1-3H3. The van der Waals surface area contributed by atoms with E-state index in [0.29, 0.717) is 26.1 Å². The molecule has 1 rings (SSSR count). The van der Waals surface area contributed by atoms with Gasteiger partial charge in [0.05, 0.1) is 13.2 Å². The lowest BCUT2D eigenvalue weighted by atomic mass is 9.71. The summed E-state index contributed by atoms with van der Waals surface area (Å²) in [5, 5.41) is 0. The lowest BCUT2D eigenvalue weighted by Crippen LogP contribution is -2.45. The predicted molar refractivity (Wildman–Crippen MR) is 86.3 cm³/mol. The Labute approximate surface area is 134 Å². The molecule has 2 N–H and O–H groups in total. The number of likely N-dealkylation sites (N-methyl/N-ethyl adjacent to an activating group) is 1. The van der Waals surface area contributed by atoms with Gasteiger partial charge in [-0.3, -0.25) is 9.59 Å². The maximum Gasteiger partial charge on any atom is 0.241 e. The van der Waals surface area contributed by atoms with Gasteiger partial charge in [-0.05, 0) is 24.8 Å². The first-order valence-corrected chi connectivity index (χ1v) is 8.11. The van der Waals surface area contributed by atoms with E-state index in [4.69, 9.17) is 10.5 Å². The molecule has 128 valence electrons. The third-order valence-corrected chi connectivity index (χ3v) is 4.62. The van der Waals surface area contributed by atoms with Gasteiger partial charge in [0.25, 0.3) is 0 Å². The largest absolute Gasteiger partial charge is 0.383 e. The Morgan fingerprint density at radius 1 is 1.14 bits per heavy atom. The molecule has 0 aromatic carbocycles. The molecular weight excluding hydrogens is 282 g/mol. The second kappa shape index (κ2) is 9.10. The Balaban J connectivity index is 2.70. The Morgan fingerprint density at radius 3 is 2.27 bits per heavy atom. The summed E-state index contributed by atoms with van der Waals surface area (Å²) in [4.78, 5) is 27.7. The molecule has 1 fully saturated rings. The molecule has 1 aliphatic rings. The molecule has 6 heteroatoms. The molecule has 0 atom stereocenters. The monoisotopic (exact) mass is 313 g/mol.